The highest BCUT2D eigenvalue weighted by Crippen LogP contribution is 2.40. The minimum Gasteiger partial charge on any atom is -0.303 e. The van der Waals surface area contributed by atoms with E-state index in [-0.39, 0.29) is 0 Å². The highest BCUT2D eigenvalue weighted by molar-refractivity contribution is 4.82. The highest BCUT2D eigenvalue weighted by Gasteiger charge is 2.30. The molecular weight excluding hydrogens is 206 g/mol. The molecule has 1 heteroatoms. The van der Waals surface area contributed by atoms with E-state index in [4.69, 9.17) is 0 Å². The van der Waals surface area contributed by atoms with E-state index in [1.807, 2.05) is 0 Å². The molecule has 1 aliphatic heterocycles. The van der Waals surface area contributed by atoms with Crippen LogP contribution in [0.5, 0.6) is 0 Å². The third-order valence-electron chi connectivity index (χ3n) is 5.04. The second-order valence-electron chi connectivity index (χ2n) is 7.44. The van der Waals surface area contributed by atoms with Crippen LogP contribution in [0, 0.1) is 17.3 Å². The van der Waals surface area contributed by atoms with Crippen LogP contribution in [0.25, 0.3) is 0 Å². The van der Waals surface area contributed by atoms with Gasteiger partial charge in [0.25, 0.3) is 0 Å². The van der Waals surface area contributed by atoms with Crippen molar-refractivity contribution in [3.8, 4) is 0 Å². The van der Waals surface area contributed by atoms with Gasteiger partial charge < -0.3 is 4.90 Å². The lowest BCUT2D eigenvalue weighted by atomic mass is 9.70. The molecule has 2 aliphatic rings. The Morgan fingerprint density at radius 2 is 1.47 bits per heavy atom. The molecule has 1 aliphatic carbocycles. The van der Waals surface area contributed by atoms with Gasteiger partial charge in [-0.1, -0.05) is 27.2 Å². The SMILES string of the molecule is CC(C)(C)C1CCC(CN2CCCCC2)CC1. The minimum atomic E-state index is 0.538. The first-order valence-electron chi connectivity index (χ1n) is 7.78. The fourth-order valence-electron chi connectivity index (χ4n) is 3.72. The molecule has 0 amide bonds. The fourth-order valence-corrected chi connectivity index (χ4v) is 3.72. The van der Waals surface area contributed by atoms with E-state index in [9.17, 15) is 0 Å². The molecule has 1 saturated carbocycles. The highest BCUT2D eigenvalue weighted by atomic mass is 15.1. The third-order valence-corrected chi connectivity index (χ3v) is 5.04. The monoisotopic (exact) mass is 237 g/mol. The fraction of sp³-hybridized carbons (Fsp3) is 1.00. The molecule has 1 nitrogen and oxygen atoms in total. The van der Waals surface area contributed by atoms with E-state index in [2.05, 4.69) is 25.7 Å². The lowest BCUT2D eigenvalue weighted by molar-refractivity contribution is 0.116. The average Bonchev–Trinajstić information content (AvgIpc) is 2.30. The second-order valence-corrected chi connectivity index (χ2v) is 7.44. The molecule has 17 heavy (non-hydrogen) atoms. The van der Waals surface area contributed by atoms with Crippen molar-refractivity contribution in [3.63, 3.8) is 0 Å². The molecule has 0 atom stereocenters. The molecule has 0 radical (unpaired) electrons. The standard InChI is InChI=1S/C16H31N/c1-16(2,3)15-9-7-14(8-10-15)13-17-11-5-4-6-12-17/h14-15H,4-13H2,1-3H3. The van der Waals surface area contributed by atoms with Crippen LogP contribution in [-0.2, 0) is 0 Å². The van der Waals surface area contributed by atoms with Crippen molar-refractivity contribution >= 4 is 0 Å². The van der Waals surface area contributed by atoms with Gasteiger partial charge in [-0.2, -0.15) is 0 Å². The molecule has 2 rings (SSSR count). The van der Waals surface area contributed by atoms with Gasteiger partial charge in [0.2, 0.25) is 0 Å². The van der Waals surface area contributed by atoms with E-state index < -0.39 is 0 Å². The summed E-state index contributed by atoms with van der Waals surface area (Å²) in [7, 11) is 0. The average molecular weight is 237 g/mol. The van der Waals surface area contributed by atoms with Crippen molar-refractivity contribution in [2.24, 2.45) is 17.3 Å². The van der Waals surface area contributed by atoms with Crippen LogP contribution in [0.4, 0.5) is 0 Å². The Balaban J connectivity index is 1.71. The molecule has 0 unspecified atom stereocenters. The van der Waals surface area contributed by atoms with Crippen LogP contribution in [-0.4, -0.2) is 24.5 Å². The first-order chi connectivity index (χ1) is 8.05. The molecule has 0 aromatic carbocycles. The molecule has 0 N–H and O–H groups in total. The minimum absolute atomic E-state index is 0.538. The molecule has 0 aromatic rings. The first kappa shape index (κ1) is 13.4. The van der Waals surface area contributed by atoms with E-state index in [1.54, 1.807) is 0 Å². The van der Waals surface area contributed by atoms with E-state index in [0.717, 1.165) is 11.8 Å². The zero-order chi connectivity index (χ0) is 12.3. The summed E-state index contributed by atoms with van der Waals surface area (Å²) in [6.07, 6.45) is 10.3. The van der Waals surface area contributed by atoms with Crippen molar-refractivity contribution in [2.75, 3.05) is 19.6 Å². The van der Waals surface area contributed by atoms with Gasteiger partial charge >= 0.3 is 0 Å². The maximum atomic E-state index is 2.73. The number of rotatable bonds is 2. The van der Waals surface area contributed by atoms with Gasteiger partial charge in [0, 0.05) is 6.54 Å². The van der Waals surface area contributed by atoms with Gasteiger partial charge in [-0.15, -0.1) is 0 Å². The zero-order valence-corrected chi connectivity index (χ0v) is 12.2. The van der Waals surface area contributed by atoms with Gasteiger partial charge in [-0.05, 0) is 68.9 Å². The van der Waals surface area contributed by atoms with Crippen LogP contribution in [0.15, 0.2) is 0 Å². The van der Waals surface area contributed by atoms with Crippen molar-refractivity contribution < 1.29 is 0 Å². The van der Waals surface area contributed by atoms with Gasteiger partial charge in [0.1, 0.15) is 0 Å². The van der Waals surface area contributed by atoms with Crippen molar-refractivity contribution in [1.82, 2.24) is 4.90 Å². The number of piperidine rings is 1. The lowest BCUT2D eigenvalue weighted by Crippen LogP contribution is -2.36. The van der Waals surface area contributed by atoms with Crippen LogP contribution >= 0.6 is 0 Å². The van der Waals surface area contributed by atoms with Gasteiger partial charge in [-0.25, -0.2) is 0 Å². The molecule has 100 valence electrons. The Kier molecular flexibility index (Phi) is 4.52. The van der Waals surface area contributed by atoms with Crippen molar-refractivity contribution in [1.29, 1.82) is 0 Å². The van der Waals surface area contributed by atoms with Crippen LogP contribution in [0.1, 0.15) is 65.7 Å². The third kappa shape index (κ3) is 3.98. The molecule has 0 spiro atoms. The normalized spacial score (nSPS) is 32.6. The van der Waals surface area contributed by atoms with E-state index in [1.165, 1.54) is 64.6 Å². The summed E-state index contributed by atoms with van der Waals surface area (Å²) in [5.41, 5.74) is 0.538. The predicted molar refractivity (Wildman–Crippen MR) is 75.2 cm³/mol. The topological polar surface area (TPSA) is 3.24 Å². The molecule has 2 fully saturated rings. The largest absolute Gasteiger partial charge is 0.303 e. The van der Waals surface area contributed by atoms with Crippen molar-refractivity contribution in [3.05, 3.63) is 0 Å². The zero-order valence-electron chi connectivity index (χ0n) is 12.2. The summed E-state index contributed by atoms with van der Waals surface area (Å²) < 4.78 is 0. The number of hydrogen-bond donors (Lipinski definition) is 0. The van der Waals surface area contributed by atoms with Crippen molar-refractivity contribution in [2.45, 2.75) is 65.7 Å². The van der Waals surface area contributed by atoms with Gasteiger partial charge in [-0.3, -0.25) is 0 Å². The number of nitrogens with zero attached hydrogens (tertiary/aromatic N) is 1. The number of likely N-dealkylation sites (tertiary alicyclic amines) is 1. The molecule has 0 aromatic heterocycles. The molecule has 1 heterocycles. The summed E-state index contributed by atoms with van der Waals surface area (Å²) in [4.78, 5) is 2.73. The second kappa shape index (κ2) is 5.73. The maximum Gasteiger partial charge on any atom is 0.000966 e. The van der Waals surface area contributed by atoms with Gasteiger partial charge in [0.05, 0.1) is 0 Å². The number of hydrogen-bond acceptors (Lipinski definition) is 1. The Morgan fingerprint density at radius 3 is 2.00 bits per heavy atom. The summed E-state index contributed by atoms with van der Waals surface area (Å²) in [5.74, 6) is 1.98. The molecule has 1 saturated heterocycles. The quantitative estimate of drug-likeness (QED) is 0.691. The predicted octanol–water partition coefficient (Wildman–Crippen LogP) is 4.32. The molecular formula is C16H31N. The Labute approximate surface area is 108 Å². The Hall–Kier alpha value is -0.0400. The van der Waals surface area contributed by atoms with Crippen LogP contribution < -0.4 is 0 Å². The Bertz CT molecular complexity index is 214. The summed E-state index contributed by atoms with van der Waals surface area (Å²) in [6, 6.07) is 0. The summed E-state index contributed by atoms with van der Waals surface area (Å²) in [5, 5.41) is 0. The molecule has 0 bridgehead atoms. The van der Waals surface area contributed by atoms with E-state index >= 15 is 0 Å². The lowest BCUT2D eigenvalue weighted by Gasteiger charge is -2.39. The van der Waals surface area contributed by atoms with E-state index in [0.29, 0.717) is 5.41 Å². The van der Waals surface area contributed by atoms with Gasteiger partial charge in [0.15, 0.2) is 0 Å². The maximum absolute atomic E-state index is 2.73. The Morgan fingerprint density at radius 1 is 0.882 bits per heavy atom. The first-order valence-corrected chi connectivity index (χ1v) is 7.78. The summed E-state index contributed by atoms with van der Waals surface area (Å²) in [6.45, 7) is 11.4. The van der Waals surface area contributed by atoms with Crippen LogP contribution in [0.2, 0.25) is 0 Å². The smallest absolute Gasteiger partial charge is 0.000966 e. The summed E-state index contributed by atoms with van der Waals surface area (Å²) >= 11 is 0. The van der Waals surface area contributed by atoms with Crippen LogP contribution in [0.3, 0.4) is 0 Å².